The molecule has 1 atom stereocenters. The van der Waals surface area contributed by atoms with Crippen LogP contribution in [0.5, 0.6) is 11.5 Å². The molecule has 2 aromatic heterocycles. The largest absolute Gasteiger partial charge is 0.493 e. The number of benzene rings is 1. The molecule has 2 N–H and O–H groups in total. The van der Waals surface area contributed by atoms with Crippen molar-refractivity contribution in [3.05, 3.63) is 64.0 Å². The van der Waals surface area contributed by atoms with Gasteiger partial charge in [-0.1, -0.05) is 6.92 Å². The molecule has 2 heterocycles. The maximum absolute atomic E-state index is 14.5. The van der Waals surface area contributed by atoms with Crippen molar-refractivity contribution < 1.29 is 13.9 Å². The van der Waals surface area contributed by atoms with Gasteiger partial charge in [0.05, 0.1) is 20.3 Å². The molecule has 0 bridgehead atoms. The van der Waals surface area contributed by atoms with Crippen molar-refractivity contribution in [3.63, 3.8) is 0 Å². The Morgan fingerprint density at radius 1 is 1.17 bits per heavy atom. The summed E-state index contributed by atoms with van der Waals surface area (Å²) in [4.78, 5) is 23.2. The summed E-state index contributed by atoms with van der Waals surface area (Å²) < 4.78 is 24.8. The monoisotopic (exact) mass is 398 g/mol. The molecule has 1 aromatic carbocycles. The van der Waals surface area contributed by atoms with Crippen LogP contribution >= 0.6 is 0 Å². The third kappa shape index (κ3) is 4.53. The van der Waals surface area contributed by atoms with Crippen molar-refractivity contribution in [2.45, 2.75) is 26.3 Å². The van der Waals surface area contributed by atoms with E-state index in [1.165, 1.54) is 26.4 Å². The van der Waals surface area contributed by atoms with E-state index in [2.05, 4.69) is 20.3 Å². The molecule has 0 aliphatic rings. The second-order valence-corrected chi connectivity index (χ2v) is 6.47. The lowest BCUT2D eigenvalue weighted by molar-refractivity contribution is 0.351. The second kappa shape index (κ2) is 8.72. The first-order valence-corrected chi connectivity index (χ1v) is 9.19. The van der Waals surface area contributed by atoms with Gasteiger partial charge in [0.2, 0.25) is 0 Å². The first kappa shape index (κ1) is 20.3. The van der Waals surface area contributed by atoms with Crippen LogP contribution in [0.15, 0.2) is 41.3 Å². The number of rotatable bonds is 7. The van der Waals surface area contributed by atoms with E-state index >= 15 is 0 Å². The third-order valence-corrected chi connectivity index (χ3v) is 4.53. The van der Waals surface area contributed by atoms with Gasteiger partial charge in [0, 0.05) is 35.2 Å². The van der Waals surface area contributed by atoms with Gasteiger partial charge < -0.3 is 19.8 Å². The standard InChI is InChI=1S/C21H23FN4O3/c1-5-14-8-20(27)26-21(25-14)13-6-7-19(23-11-13)24-12(2)15-9-17(28-3)18(29-4)10-16(15)22/h6-12H,5H2,1-4H3,(H,23,24)(H,25,26,27)/t12-/m0/s1. The summed E-state index contributed by atoms with van der Waals surface area (Å²) in [5, 5.41) is 3.16. The zero-order chi connectivity index (χ0) is 21.0. The molecule has 0 radical (unpaired) electrons. The molecule has 3 rings (SSSR count). The molecule has 0 fully saturated rings. The number of aryl methyl sites for hydroxylation is 1. The summed E-state index contributed by atoms with van der Waals surface area (Å²) in [6, 6.07) is 7.56. The van der Waals surface area contributed by atoms with Gasteiger partial charge >= 0.3 is 0 Å². The fraction of sp³-hybridized carbons (Fsp3) is 0.286. The summed E-state index contributed by atoms with van der Waals surface area (Å²) in [6.45, 7) is 3.76. The van der Waals surface area contributed by atoms with E-state index in [0.717, 1.165) is 0 Å². The smallest absolute Gasteiger partial charge is 0.251 e. The fourth-order valence-electron chi connectivity index (χ4n) is 2.95. The van der Waals surface area contributed by atoms with Gasteiger partial charge in [0.25, 0.3) is 5.56 Å². The van der Waals surface area contributed by atoms with Crippen LogP contribution in [0.3, 0.4) is 0 Å². The summed E-state index contributed by atoms with van der Waals surface area (Å²) in [5.41, 5.74) is 1.62. The Hall–Kier alpha value is -3.42. The molecular formula is C21H23FN4O3. The fourth-order valence-corrected chi connectivity index (χ4v) is 2.95. The Morgan fingerprint density at radius 2 is 1.90 bits per heavy atom. The summed E-state index contributed by atoms with van der Waals surface area (Å²) in [6.07, 6.45) is 2.27. The van der Waals surface area contributed by atoms with Crippen LogP contribution in [-0.4, -0.2) is 29.2 Å². The van der Waals surface area contributed by atoms with Gasteiger partial charge in [-0.15, -0.1) is 0 Å². The number of nitrogens with zero attached hydrogens (tertiary/aromatic N) is 2. The summed E-state index contributed by atoms with van der Waals surface area (Å²) in [7, 11) is 2.96. The Bertz CT molecular complexity index is 1050. The molecule has 0 saturated carbocycles. The Balaban J connectivity index is 1.81. The molecule has 29 heavy (non-hydrogen) atoms. The molecule has 152 valence electrons. The molecule has 3 aromatic rings. The highest BCUT2D eigenvalue weighted by Gasteiger charge is 2.16. The van der Waals surface area contributed by atoms with E-state index in [0.29, 0.717) is 46.4 Å². The molecule has 0 unspecified atom stereocenters. The number of pyridine rings is 1. The number of hydrogen-bond donors (Lipinski definition) is 2. The van der Waals surface area contributed by atoms with Crippen LogP contribution in [0, 0.1) is 5.82 Å². The maximum atomic E-state index is 14.5. The van der Waals surface area contributed by atoms with E-state index in [9.17, 15) is 9.18 Å². The maximum Gasteiger partial charge on any atom is 0.251 e. The SMILES string of the molecule is CCc1cc(=O)[nH]c(-c2ccc(N[C@@H](C)c3cc(OC)c(OC)cc3F)nc2)n1. The van der Waals surface area contributed by atoms with Crippen molar-refractivity contribution in [2.24, 2.45) is 0 Å². The van der Waals surface area contributed by atoms with Crippen LogP contribution in [0.1, 0.15) is 31.1 Å². The zero-order valence-electron chi connectivity index (χ0n) is 16.7. The molecule has 0 spiro atoms. The van der Waals surface area contributed by atoms with E-state index < -0.39 is 5.82 Å². The molecule has 0 amide bonds. The Labute approximate surface area is 167 Å². The second-order valence-electron chi connectivity index (χ2n) is 6.47. The Morgan fingerprint density at radius 3 is 2.52 bits per heavy atom. The first-order valence-electron chi connectivity index (χ1n) is 9.19. The van der Waals surface area contributed by atoms with Gasteiger partial charge in [-0.25, -0.2) is 14.4 Å². The number of H-pyrrole nitrogens is 1. The highest BCUT2D eigenvalue weighted by molar-refractivity contribution is 5.56. The topological polar surface area (TPSA) is 89.1 Å². The predicted octanol–water partition coefficient (Wildman–Crippen LogP) is 3.72. The van der Waals surface area contributed by atoms with Gasteiger partial charge in [-0.3, -0.25) is 4.79 Å². The van der Waals surface area contributed by atoms with Crippen molar-refractivity contribution in [1.29, 1.82) is 0 Å². The number of halogens is 1. The van der Waals surface area contributed by atoms with Crippen LogP contribution in [-0.2, 0) is 6.42 Å². The highest BCUT2D eigenvalue weighted by Crippen LogP contribution is 2.33. The summed E-state index contributed by atoms with van der Waals surface area (Å²) in [5.74, 6) is 1.40. The third-order valence-electron chi connectivity index (χ3n) is 4.53. The predicted molar refractivity (Wildman–Crippen MR) is 109 cm³/mol. The van der Waals surface area contributed by atoms with Crippen LogP contribution < -0.4 is 20.3 Å². The van der Waals surface area contributed by atoms with Crippen molar-refractivity contribution >= 4 is 5.82 Å². The zero-order valence-corrected chi connectivity index (χ0v) is 16.7. The van der Waals surface area contributed by atoms with Gasteiger partial charge in [-0.2, -0.15) is 0 Å². The van der Waals surface area contributed by atoms with Crippen LogP contribution in [0.2, 0.25) is 0 Å². The van der Waals surface area contributed by atoms with E-state index in [-0.39, 0.29) is 11.6 Å². The number of nitrogens with one attached hydrogen (secondary N) is 2. The minimum atomic E-state index is -0.405. The number of aromatic nitrogens is 3. The van der Waals surface area contributed by atoms with Crippen LogP contribution in [0.4, 0.5) is 10.2 Å². The normalized spacial score (nSPS) is 11.8. The molecule has 7 nitrogen and oxygen atoms in total. The lowest BCUT2D eigenvalue weighted by Crippen LogP contribution is -2.11. The van der Waals surface area contributed by atoms with Crippen LogP contribution in [0.25, 0.3) is 11.4 Å². The summed E-state index contributed by atoms with van der Waals surface area (Å²) >= 11 is 0. The number of methoxy groups -OCH3 is 2. The number of anilines is 1. The van der Waals surface area contributed by atoms with Crippen molar-refractivity contribution in [2.75, 3.05) is 19.5 Å². The molecular weight excluding hydrogens is 375 g/mol. The van der Waals surface area contributed by atoms with Crippen molar-refractivity contribution in [1.82, 2.24) is 15.0 Å². The average molecular weight is 398 g/mol. The lowest BCUT2D eigenvalue weighted by atomic mass is 10.1. The van der Waals surface area contributed by atoms with E-state index in [4.69, 9.17) is 9.47 Å². The highest BCUT2D eigenvalue weighted by atomic mass is 19.1. The minimum absolute atomic E-state index is 0.202. The van der Waals surface area contributed by atoms with Gasteiger partial charge in [-0.05, 0) is 31.5 Å². The van der Waals surface area contributed by atoms with Gasteiger partial charge in [0.15, 0.2) is 11.5 Å². The lowest BCUT2D eigenvalue weighted by Gasteiger charge is -2.18. The number of aromatic amines is 1. The molecule has 8 heteroatoms. The Kier molecular flexibility index (Phi) is 6.11. The van der Waals surface area contributed by atoms with E-state index in [1.54, 1.807) is 24.4 Å². The minimum Gasteiger partial charge on any atom is -0.493 e. The number of hydrogen-bond acceptors (Lipinski definition) is 6. The van der Waals surface area contributed by atoms with Gasteiger partial charge in [0.1, 0.15) is 17.5 Å². The molecule has 0 saturated heterocycles. The first-order chi connectivity index (χ1) is 13.9. The van der Waals surface area contributed by atoms with E-state index in [1.807, 2.05) is 13.8 Å². The van der Waals surface area contributed by atoms with Crippen molar-refractivity contribution in [3.8, 4) is 22.9 Å². The quantitative estimate of drug-likeness (QED) is 0.631. The molecule has 0 aliphatic carbocycles. The average Bonchev–Trinajstić information content (AvgIpc) is 2.73. The molecule has 0 aliphatic heterocycles. The number of ether oxygens (including phenoxy) is 2.